The third-order valence-electron chi connectivity index (χ3n) is 2.73. The van der Waals surface area contributed by atoms with Gasteiger partial charge in [0.15, 0.2) is 0 Å². The molecule has 0 atom stereocenters. The van der Waals surface area contributed by atoms with Crippen molar-refractivity contribution < 1.29 is 9.18 Å². The van der Waals surface area contributed by atoms with Gasteiger partial charge in [0.2, 0.25) is 0 Å². The van der Waals surface area contributed by atoms with Crippen molar-refractivity contribution in [3.05, 3.63) is 59.4 Å². The number of nitriles is 1. The first-order valence-electron chi connectivity index (χ1n) is 5.93. The average molecular weight is 269 g/mol. The van der Waals surface area contributed by atoms with Gasteiger partial charge in [0.05, 0.1) is 11.3 Å². The van der Waals surface area contributed by atoms with Crippen LogP contribution in [0, 0.1) is 24.1 Å². The van der Waals surface area contributed by atoms with E-state index in [9.17, 15) is 9.18 Å². The van der Waals surface area contributed by atoms with Gasteiger partial charge in [-0.1, -0.05) is 12.1 Å². The molecule has 2 aromatic carbocycles. The maximum absolute atomic E-state index is 12.7. The van der Waals surface area contributed by atoms with Gasteiger partial charge in [-0.3, -0.25) is 0 Å². The molecule has 0 saturated carbocycles. The Hall–Kier alpha value is -2.87. The van der Waals surface area contributed by atoms with Crippen LogP contribution in [-0.4, -0.2) is 6.03 Å². The van der Waals surface area contributed by atoms with E-state index >= 15 is 0 Å². The molecule has 0 aliphatic carbocycles. The van der Waals surface area contributed by atoms with Crippen LogP contribution in [0.2, 0.25) is 0 Å². The highest BCUT2D eigenvalue weighted by Gasteiger charge is 2.08. The fraction of sp³-hybridized carbons (Fsp3) is 0.0667. The van der Waals surface area contributed by atoms with E-state index in [1.54, 1.807) is 25.1 Å². The molecule has 2 amide bonds. The smallest absolute Gasteiger partial charge is 0.308 e. The topological polar surface area (TPSA) is 64.9 Å². The van der Waals surface area contributed by atoms with Gasteiger partial charge in [-0.25, -0.2) is 9.18 Å². The summed E-state index contributed by atoms with van der Waals surface area (Å²) < 4.78 is 12.7. The van der Waals surface area contributed by atoms with Crippen molar-refractivity contribution in [1.29, 1.82) is 5.26 Å². The largest absolute Gasteiger partial charge is 0.323 e. The first-order chi connectivity index (χ1) is 9.60. The maximum Gasteiger partial charge on any atom is 0.323 e. The third-order valence-corrected chi connectivity index (χ3v) is 2.73. The van der Waals surface area contributed by atoms with Crippen molar-refractivity contribution in [1.82, 2.24) is 0 Å². The minimum Gasteiger partial charge on any atom is -0.308 e. The zero-order chi connectivity index (χ0) is 14.5. The summed E-state index contributed by atoms with van der Waals surface area (Å²) >= 11 is 0. The van der Waals surface area contributed by atoms with Crippen molar-refractivity contribution in [2.75, 3.05) is 10.6 Å². The molecule has 0 aliphatic rings. The number of anilines is 2. The summed E-state index contributed by atoms with van der Waals surface area (Å²) in [5.41, 5.74) is 2.11. The molecule has 0 radical (unpaired) electrons. The number of rotatable bonds is 2. The number of nitrogens with zero attached hydrogens (tertiary/aromatic N) is 1. The third kappa shape index (κ3) is 3.12. The van der Waals surface area contributed by atoms with Crippen molar-refractivity contribution in [2.24, 2.45) is 0 Å². The summed E-state index contributed by atoms with van der Waals surface area (Å²) in [4.78, 5) is 11.8. The first kappa shape index (κ1) is 13.6. The van der Waals surface area contributed by atoms with Crippen LogP contribution in [0.1, 0.15) is 11.1 Å². The van der Waals surface area contributed by atoms with Gasteiger partial charge < -0.3 is 10.6 Å². The Kier molecular flexibility index (Phi) is 3.96. The fourth-order valence-electron chi connectivity index (χ4n) is 1.74. The van der Waals surface area contributed by atoms with Crippen LogP contribution in [-0.2, 0) is 0 Å². The van der Waals surface area contributed by atoms with E-state index < -0.39 is 6.03 Å². The summed E-state index contributed by atoms with van der Waals surface area (Å²) in [6.07, 6.45) is 0. The first-order valence-corrected chi connectivity index (χ1v) is 5.93. The summed E-state index contributed by atoms with van der Waals surface area (Å²) in [5.74, 6) is -0.374. The zero-order valence-corrected chi connectivity index (χ0v) is 10.8. The normalized spacial score (nSPS) is 9.65. The predicted molar refractivity (Wildman–Crippen MR) is 74.9 cm³/mol. The molecule has 0 heterocycles. The van der Waals surface area contributed by atoms with E-state index in [0.717, 1.165) is 5.56 Å². The maximum atomic E-state index is 12.7. The van der Waals surface area contributed by atoms with Gasteiger partial charge >= 0.3 is 6.03 Å². The summed E-state index contributed by atoms with van der Waals surface area (Å²) in [7, 11) is 0. The number of hydrogen-bond donors (Lipinski definition) is 2. The Morgan fingerprint density at radius 1 is 1.15 bits per heavy atom. The van der Waals surface area contributed by atoms with E-state index in [0.29, 0.717) is 16.9 Å². The predicted octanol–water partition coefficient (Wildman–Crippen LogP) is 3.65. The summed E-state index contributed by atoms with van der Waals surface area (Å²) in [6.45, 7) is 1.79. The second-order valence-electron chi connectivity index (χ2n) is 4.20. The minimum atomic E-state index is -0.487. The zero-order valence-electron chi connectivity index (χ0n) is 10.8. The molecular weight excluding hydrogens is 257 g/mol. The number of nitrogens with one attached hydrogen (secondary N) is 2. The van der Waals surface area contributed by atoms with E-state index in [4.69, 9.17) is 5.26 Å². The van der Waals surface area contributed by atoms with E-state index in [1.165, 1.54) is 24.3 Å². The highest BCUT2D eigenvalue weighted by atomic mass is 19.1. The fourth-order valence-corrected chi connectivity index (χ4v) is 1.74. The molecule has 2 N–H and O–H groups in total. The minimum absolute atomic E-state index is 0.374. The molecular formula is C15H12FN3O. The van der Waals surface area contributed by atoms with E-state index in [-0.39, 0.29) is 5.82 Å². The molecule has 0 aliphatic heterocycles. The molecule has 0 bridgehead atoms. The molecule has 5 heteroatoms. The number of benzene rings is 2. The second kappa shape index (κ2) is 5.85. The number of aryl methyl sites for hydroxylation is 1. The number of carbonyl (C=O) groups is 1. The molecule has 2 rings (SSSR count). The van der Waals surface area contributed by atoms with Gasteiger partial charge in [0, 0.05) is 5.69 Å². The van der Waals surface area contributed by atoms with Gasteiger partial charge in [-0.2, -0.15) is 5.26 Å². The lowest BCUT2D eigenvalue weighted by molar-refractivity contribution is 0.262. The Labute approximate surface area is 115 Å². The molecule has 2 aromatic rings. The Morgan fingerprint density at radius 3 is 2.50 bits per heavy atom. The lowest BCUT2D eigenvalue weighted by Crippen LogP contribution is -2.20. The van der Waals surface area contributed by atoms with Crippen LogP contribution in [0.4, 0.5) is 20.6 Å². The molecule has 0 aromatic heterocycles. The Morgan fingerprint density at radius 2 is 1.85 bits per heavy atom. The number of hydrogen-bond acceptors (Lipinski definition) is 2. The highest BCUT2D eigenvalue weighted by Crippen LogP contribution is 2.18. The van der Waals surface area contributed by atoms with Crippen molar-refractivity contribution >= 4 is 17.4 Å². The van der Waals surface area contributed by atoms with E-state index in [1.807, 2.05) is 6.07 Å². The van der Waals surface area contributed by atoms with Crippen LogP contribution < -0.4 is 10.6 Å². The summed E-state index contributed by atoms with van der Waals surface area (Å²) in [6, 6.07) is 12.2. The average Bonchev–Trinajstić information content (AvgIpc) is 2.42. The van der Waals surface area contributed by atoms with Crippen LogP contribution >= 0.6 is 0 Å². The SMILES string of the molecule is Cc1cccc(NC(=O)Nc2ccc(F)cc2)c1C#N. The molecule has 0 unspecified atom stereocenters. The molecule has 20 heavy (non-hydrogen) atoms. The summed E-state index contributed by atoms with van der Waals surface area (Å²) in [5, 5.41) is 14.2. The Balaban J connectivity index is 2.11. The van der Waals surface area contributed by atoms with Gasteiger partial charge in [-0.05, 0) is 42.8 Å². The van der Waals surface area contributed by atoms with Crippen LogP contribution in [0.15, 0.2) is 42.5 Å². The van der Waals surface area contributed by atoms with Crippen molar-refractivity contribution in [3.8, 4) is 6.07 Å². The van der Waals surface area contributed by atoms with Gasteiger partial charge in [0.1, 0.15) is 11.9 Å². The lowest BCUT2D eigenvalue weighted by Gasteiger charge is -2.10. The molecule has 4 nitrogen and oxygen atoms in total. The van der Waals surface area contributed by atoms with Gasteiger partial charge in [0.25, 0.3) is 0 Å². The van der Waals surface area contributed by atoms with E-state index in [2.05, 4.69) is 10.6 Å². The molecule has 0 spiro atoms. The standard InChI is InChI=1S/C15H12FN3O/c1-10-3-2-4-14(13(10)9-17)19-15(20)18-12-7-5-11(16)6-8-12/h2-8H,1H3,(H2,18,19,20). The molecule has 100 valence electrons. The Bertz CT molecular complexity index is 675. The van der Waals surface area contributed by atoms with Crippen LogP contribution in [0.25, 0.3) is 0 Å². The van der Waals surface area contributed by atoms with Gasteiger partial charge in [-0.15, -0.1) is 0 Å². The second-order valence-corrected chi connectivity index (χ2v) is 4.20. The monoisotopic (exact) mass is 269 g/mol. The molecule has 0 saturated heterocycles. The van der Waals surface area contributed by atoms with Crippen LogP contribution in [0.3, 0.4) is 0 Å². The number of carbonyl (C=O) groups excluding carboxylic acids is 1. The van der Waals surface area contributed by atoms with Crippen molar-refractivity contribution in [2.45, 2.75) is 6.92 Å². The number of amides is 2. The quantitative estimate of drug-likeness (QED) is 0.874. The number of urea groups is 1. The van der Waals surface area contributed by atoms with Crippen molar-refractivity contribution in [3.63, 3.8) is 0 Å². The lowest BCUT2D eigenvalue weighted by atomic mass is 10.1. The number of halogens is 1. The highest BCUT2D eigenvalue weighted by molar-refractivity contribution is 6.00. The molecule has 0 fully saturated rings. The van der Waals surface area contributed by atoms with Crippen LogP contribution in [0.5, 0.6) is 0 Å².